The smallest absolute Gasteiger partial charge is 0.264 e. The highest BCUT2D eigenvalue weighted by Crippen LogP contribution is 2.30. The predicted molar refractivity (Wildman–Crippen MR) is 157 cm³/mol. The molecule has 1 unspecified atom stereocenters. The molecule has 0 aliphatic rings. The first-order valence-electron chi connectivity index (χ1n) is 13.0. The highest BCUT2D eigenvalue weighted by atomic mass is 35.5. The van der Waals surface area contributed by atoms with Crippen molar-refractivity contribution in [3.8, 4) is 0 Å². The van der Waals surface area contributed by atoms with Gasteiger partial charge in [0.25, 0.3) is 10.0 Å². The Morgan fingerprint density at radius 1 is 0.949 bits per heavy atom. The molecule has 9 heteroatoms. The molecule has 3 rings (SSSR count). The minimum atomic E-state index is -4.14. The maximum atomic E-state index is 14.0. The number of anilines is 1. The summed E-state index contributed by atoms with van der Waals surface area (Å²) in [5, 5.41) is 3.16. The Morgan fingerprint density at radius 2 is 1.62 bits per heavy atom. The van der Waals surface area contributed by atoms with Crippen molar-refractivity contribution in [1.82, 2.24) is 10.2 Å². The molecule has 39 heavy (non-hydrogen) atoms. The quantitative estimate of drug-likeness (QED) is 0.327. The van der Waals surface area contributed by atoms with Gasteiger partial charge in [0.2, 0.25) is 11.8 Å². The number of hydrogen-bond acceptors (Lipinski definition) is 4. The van der Waals surface area contributed by atoms with E-state index in [2.05, 4.69) is 5.32 Å². The van der Waals surface area contributed by atoms with E-state index < -0.39 is 28.5 Å². The van der Waals surface area contributed by atoms with Gasteiger partial charge in [-0.1, -0.05) is 72.6 Å². The van der Waals surface area contributed by atoms with E-state index in [9.17, 15) is 18.0 Å². The molecule has 3 aromatic rings. The van der Waals surface area contributed by atoms with E-state index in [1.54, 1.807) is 37.3 Å². The Morgan fingerprint density at radius 3 is 2.23 bits per heavy atom. The van der Waals surface area contributed by atoms with Crippen LogP contribution in [-0.4, -0.2) is 50.8 Å². The molecular weight excluding hydrogens is 534 g/mol. The van der Waals surface area contributed by atoms with Gasteiger partial charge in [-0.3, -0.25) is 13.9 Å². The summed E-state index contributed by atoms with van der Waals surface area (Å²) >= 11 is 6.27. The number of halogens is 1. The van der Waals surface area contributed by atoms with E-state index in [1.807, 2.05) is 51.1 Å². The molecule has 0 bridgehead atoms. The Kier molecular flexibility index (Phi) is 10.5. The number of nitrogens with zero attached hydrogens (tertiary/aromatic N) is 2. The van der Waals surface area contributed by atoms with Crippen LogP contribution in [0.4, 0.5) is 5.69 Å². The lowest BCUT2D eigenvalue weighted by molar-refractivity contribution is -0.139. The Labute approximate surface area is 236 Å². The lowest BCUT2D eigenvalue weighted by Crippen LogP contribution is -2.53. The third kappa shape index (κ3) is 7.61. The van der Waals surface area contributed by atoms with Crippen LogP contribution in [0, 0.1) is 13.8 Å². The van der Waals surface area contributed by atoms with Crippen molar-refractivity contribution in [3.05, 3.63) is 94.5 Å². The summed E-state index contributed by atoms with van der Waals surface area (Å²) in [5.41, 5.74) is 2.88. The summed E-state index contributed by atoms with van der Waals surface area (Å²) in [4.78, 5) is 28.5. The van der Waals surface area contributed by atoms with Crippen LogP contribution >= 0.6 is 11.6 Å². The number of nitrogens with one attached hydrogen (secondary N) is 1. The van der Waals surface area contributed by atoms with Gasteiger partial charge in [0, 0.05) is 18.1 Å². The lowest BCUT2D eigenvalue weighted by Gasteiger charge is -2.33. The number of amides is 2. The highest BCUT2D eigenvalue weighted by molar-refractivity contribution is 7.92. The molecule has 0 radical (unpaired) electrons. The number of carbonyl (C=O) groups is 2. The van der Waals surface area contributed by atoms with E-state index in [0.717, 1.165) is 15.4 Å². The Balaban J connectivity index is 2.05. The Hall–Kier alpha value is -3.36. The molecule has 2 amide bonds. The predicted octanol–water partition coefficient (Wildman–Crippen LogP) is 5.14. The number of likely N-dealkylation sites (N-methyl/N-ethyl adjacent to an activating group) is 1. The summed E-state index contributed by atoms with van der Waals surface area (Å²) < 4.78 is 29.0. The molecule has 0 spiro atoms. The maximum Gasteiger partial charge on any atom is 0.264 e. The monoisotopic (exact) mass is 569 g/mol. The van der Waals surface area contributed by atoms with Crippen LogP contribution in [0.15, 0.2) is 77.7 Å². The van der Waals surface area contributed by atoms with Gasteiger partial charge in [0.15, 0.2) is 0 Å². The SMILES string of the molecule is CCNC(=O)C(CC)N(CCc1ccccc1)C(=O)CN(c1cc(Cl)ccc1C)S(=O)(=O)c1ccc(C)cc1. The van der Waals surface area contributed by atoms with Crippen molar-refractivity contribution in [2.75, 3.05) is 23.9 Å². The first kappa shape index (κ1) is 30.2. The number of hydrogen-bond donors (Lipinski definition) is 1. The van der Waals surface area contributed by atoms with Gasteiger partial charge in [0.1, 0.15) is 12.6 Å². The van der Waals surface area contributed by atoms with Crippen LogP contribution in [0.1, 0.15) is 37.0 Å². The lowest BCUT2D eigenvalue weighted by atomic mass is 10.1. The van der Waals surface area contributed by atoms with Crippen molar-refractivity contribution in [3.63, 3.8) is 0 Å². The van der Waals surface area contributed by atoms with Crippen LogP contribution in [-0.2, 0) is 26.0 Å². The molecule has 0 saturated heterocycles. The first-order chi connectivity index (χ1) is 18.6. The zero-order chi connectivity index (χ0) is 28.6. The van der Waals surface area contributed by atoms with E-state index in [0.29, 0.717) is 35.7 Å². The molecule has 0 heterocycles. The second kappa shape index (κ2) is 13.6. The molecule has 208 valence electrons. The number of rotatable bonds is 12. The van der Waals surface area contributed by atoms with Crippen molar-refractivity contribution < 1.29 is 18.0 Å². The number of benzene rings is 3. The summed E-state index contributed by atoms with van der Waals surface area (Å²) in [5.74, 6) is -0.743. The minimum absolute atomic E-state index is 0.0619. The number of aryl methyl sites for hydroxylation is 2. The van der Waals surface area contributed by atoms with Gasteiger partial charge in [-0.15, -0.1) is 0 Å². The zero-order valence-electron chi connectivity index (χ0n) is 22.9. The van der Waals surface area contributed by atoms with Crippen LogP contribution in [0.3, 0.4) is 0 Å². The van der Waals surface area contributed by atoms with Crippen molar-refractivity contribution >= 4 is 39.1 Å². The fourth-order valence-corrected chi connectivity index (χ4v) is 6.03. The minimum Gasteiger partial charge on any atom is -0.355 e. The van der Waals surface area contributed by atoms with Gasteiger partial charge in [0.05, 0.1) is 10.6 Å². The molecule has 1 N–H and O–H groups in total. The molecule has 3 aromatic carbocycles. The third-order valence-corrected chi connectivity index (χ3v) is 8.56. The van der Waals surface area contributed by atoms with Crippen molar-refractivity contribution in [1.29, 1.82) is 0 Å². The van der Waals surface area contributed by atoms with Crippen LogP contribution in [0.25, 0.3) is 0 Å². The largest absolute Gasteiger partial charge is 0.355 e. The standard InChI is InChI=1S/C30H36ClN3O4S/c1-5-27(30(36)32-6-2)33(19-18-24-10-8-7-9-11-24)29(35)21-34(28-20-25(31)15-14-23(28)4)39(37,38)26-16-12-22(3)13-17-26/h7-17,20,27H,5-6,18-19,21H2,1-4H3,(H,32,36). The Bertz CT molecular complexity index is 1380. The van der Waals surface area contributed by atoms with Gasteiger partial charge in [-0.25, -0.2) is 8.42 Å². The molecule has 0 fully saturated rings. The average molecular weight is 570 g/mol. The van der Waals surface area contributed by atoms with Crippen LogP contribution in [0.5, 0.6) is 0 Å². The second-order valence-electron chi connectivity index (χ2n) is 9.40. The summed E-state index contributed by atoms with van der Waals surface area (Å²) in [6.07, 6.45) is 0.899. The van der Waals surface area contributed by atoms with Crippen LogP contribution in [0.2, 0.25) is 5.02 Å². The van der Waals surface area contributed by atoms with Gasteiger partial charge >= 0.3 is 0 Å². The molecular formula is C30H36ClN3O4S. The molecule has 0 aromatic heterocycles. The van der Waals surface area contributed by atoms with E-state index in [-0.39, 0.29) is 17.3 Å². The molecule has 0 saturated carbocycles. The maximum absolute atomic E-state index is 14.0. The van der Waals surface area contributed by atoms with Crippen LogP contribution < -0.4 is 9.62 Å². The summed E-state index contributed by atoms with van der Waals surface area (Å²) in [6, 6.07) is 20.3. The van der Waals surface area contributed by atoms with Gasteiger partial charge < -0.3 is 10.2 Å². The number of carbonyl (C=O) groups excluding carboxylic acids is 2. The van der Waals surface area contributed by atoms with E-state index in [1.165, 1.54) is 17.0 Å². The molecule has 0 aliphatic carbocycles. The molecule has 0 aliphatic heterocycles. The molecule has 7 nitrogen and oxygen atoms in total. The summed E-state index contributed by atoms with van der Waals surface area (Å²) in [6.45, 7) is 7.49. The normalized spacial score (nSPS) is 12.0. The first-order valence-corrected chi connectivity index (χ1v) is 14.9. The van der Waals surface area contributed by atoms with Crippen molar-refractivity contribution in [2.45, 2.75) is 51.5 Å². The fraction of sp³-hybridized carbons (Fsp3) is 0.333. The topological polar surface area (TPSA) is 86.8 Å². The average Bonchev–Trinajstić information content (AvgIpc) is 2.91. The van der Waals surface area contributed by atoms with E-state index >= 15 is 0 Å². The molecule has 1 atom stereocenters. The van der Waals surface area contributed by atoms with Gasteiger partial charge in [-0.05, 0) is 69.0 Å². The summed E-state index contributed by atoms with van der Waals surface area (Å²) in [7, 11) is -4.14. The van der Waals surface area contributed by atoms with Crippen molar-refractivity contribution in [2.24, 2.45) is 0 Å². The fourth-order valence-electron chi connectivity index (χ4n) is 4.39. The zero-order valence-corrected chi connectivity index (χ0v) is 24.4. The third-order valence-electron chi connectivity index (χ3n) is 6.55. The van der Waals surface area contributed by atoms with Gasteiger partial charge in [-0.2, -0.15) is 0 Å². The second-order valence-corrected chi connectivity index (χ2v) is 11.7. The van der Waals surface area contributed by atoms with E-state index in [4.69, 9.17) is 11.6 Å². The number of sulfonamides is 1. The highest BCUT2D eigenvalue weighted by Gasteiger charge is 2.34.